The first-order chi connectivity index (χ1) is 13.2. The van der Waals surface area contributed by atoms with E-state index >= 15 is 0 Å². The minimum absolute atomic E-state index is 0.482. The molecule has 0 spiro atoms. The second kappa shape index (κ2) is 11.4. The zero-order valence-corrected chi connectivity index (χ0v) is 17.3. The van der Waals surface area contributed by atoms with Crippen LogP contribution >= 0.6 is 11.8 Å². The monoisotopic (exact) mass is 387 g/mol. The standard InChI is InChI=1S/C21H29N3O2S/c1-16(15-27-20-11-6-5-10-19(20)26-4)13-23-21(22-2)24-14-17-8-7-9-18(12-17)25-3/h5-12,16H,13-15H2,1-4H3,(H2,22,23,24). The first-order valence-corrected chi connectivity index (χ1v) is 9.98. The van der Waals surface area contributed by atoms with Gasteiger partial charge in [0.05, 0.1) is 14.2 Å². The van der Waals surface area contributed by atoms with Gasteiger partial charge >= 0.3 is 0 Å². The minimum Gasteiger partial charge on any atom is -0.497 e. The predicted molar refractivity (Wildman–Crippen MR) is 114 cm³/mol. The number of hydrogen-bond donors (Lipinski definition) is 2. The maximum Gasteiger partial charge on any atom is 0.191 e. The molecule has 0 fully saturated rings. The van der Waals surface area contributed by atoms with Crippen LogP contribution in [0.25, 0.3) is 0 Å². The van der Waals surface area contributed by atoms with Gasteiger partial charge < -0.3 is 20.1 Å². The van der Waals surface area contributed by atoms with Crippen LogP contribution in [-0.2, 0) is 6.54 Å². The van der Waals surface area contributed by atoms with E-state index in [9.17, 15) is 0 Å². The number of aliphatic imine (C=N–C) groups is 1. The van der Waals surface area contributed by atoms with Gasteiger partial charge in [-0.15, -0.1) is 11.8 Å². The maximum absolute atomic E-state index is 5.41. The zero-order chi connectivity index (χ0) is 19.5. The largest absolute Gasteiger partial charge is 0.497 e. The molecule has 0 aliphatic heterocycles. The van der Waals surface area contributed by atoms with Crippen molar-refractivity contribution in [3.63, 3.8) is 0 Å². The average molecular weight is 388 g/mol. The van der Waals surface area contributed by atoms with Gasteiger partial charge in [0, 0.05) is 30.8 Å². The van der Waals surface area contributed by atoms with Gasteiger partial charge in [0.2, 0.25) is 0 Å². The van der Waals surface area contributed by atoms with E-state index in [0.717, 1.165) is 35.3 Å². The molecule has 0 radical (unpaired) electrons. The van der Waals surface area contributed by atoms with Crippen molar-refractivity contribution in [3.8, 4) is 11.5 Å². The molecule has 0 bridgehead atoms. The molecule has 2 aromatic rings. The Morgan fingerprint density at radius 2 is 1.89 bits per heavy atom. The number of nitrogens with zero attached hydrogens (tertiary/aromatic N) is 1. The number of para-hydroxylation sites is 1. The van der Waals surface area contributed by atoms with Crippen LogP contribution in [-0.4, -0.2) is 39.5 Å². The van der Waals surface area contributed by atoms with Crippen molar-refractivity contribution in [3.05, 3.63) is 54.1 Å². The molecule has 0 heterocycles. The summed E-state index contributed by atoms with van der Waals surface area (Å²) < 4.78 is 10.7. The molecule has 1 atom stereocenters. The molecule has 0 aliphatic carbocycles. The van der Waals surface area contributed by atoms with E-state index in [1.165, 1.54) is 4.90 Å². The van der Waals surface area contributed by atoms with Crippen molar-refractivity contribution in [2.45, 2.75) is 18.4 Å². The number of methoxy groups -OCH3 is 2. The Labute approximate surface area is 166 Å². The minimum atomic E-state index is 0.482. The molecule has 2 N–H and O–H groups in total. The Balaban J connectivity index is 1.76. The lowest BCUT2D eigenvalue weighted by Crippen LogP contribution is -2.39. The average Bonchev–Trinajstić information content (AvgIpc) is 2.72. The van der Waals surface area contributed by atoms with Crippen LogP contribution in [0.2, 0.25) is 0 Å². The van der Waals surface area contributed by atoms with Crippen LogP contribution in [0.4, 0.5) is 0 Å². The van der Waals surface area contributed by atoms with Gasteiger partial charge in [-0.1, -0.05) is 31.2 Å². The predicted octanol–water partition coefficient (Wildman–Crippen LogP) is 3.80. The Bertz CT molecular complexity index is 737. The SMILES string of the molecule is CN=C(NCc1cccc(OC)c1)NCC(C)CSc1ccccc1OC. The molecule has 0 aromatic heterocycles. The number of benzene rings is 2. The summed E-state index contributed by atoms with van der Waals surface area (Å²) in [5, 5.41) is 6.74. The lowest BCUT2D eigenvalue weighted by molar-refractivity contribution is 0.405. The summed E-state index contributed by atoms with van der Waals surface area (Å²) >= 11 is 1.81. The molecule has 0 saturated carbocycles. The molecule has 146 valence electrons. The molecule has 5 nitrogen and oxygen atoms in total. The normalized spacial score (nSPS) is 12.4. The van der Waals surface area contributed by atoms with Gasteiger partial charge in [-0.05, 0) is 35.7 Å². The number of thioether (sulfide) groups is 1. The quantitative estimate of drug-likeness (QED) is 0.389. The summed E-state index contributed by atoms with van der Waals surface area (Å²) in [6, 6.07) is 16.1. The molecule has 1 unspecified atom stereocenters. The molecule has 27 heavy (non-hydrogen) atoms. The zero-order valence-electron chi connectivity index (χ0n) is 16.5. The van der Waals surface area contributed by atoms with E-state index in [0.29, 0.717) is 12.5 Å². The Morgan fingerprint density at radius 1 is 1.07 bits per heavy atom. The van der Waals surface area contributed by atoms with Crippen LogP contribution in [0.1, 0.15) is 12.5 Å². The number of guanidine groups is 1. The van der Waals surface area contributed by atoms with Gasteiger partial charge in [0.15, 0.2) is 5.96 Å². The number of ether oxygens (including phenoxy) is 2. The molecule has 0 amide bonds. The molecule has 2 rings (SSSR count). The van der Waals surface area contributed by atoms with E-state index < -0.39 is 0 Å². The lowest BCUT2D eigenvalue weighted by Gasteiger charge is -2.16. The highest BCUT2D eigenvalue weighted by Crippen LogP contribution is 2.29. The summed E-state index contributed by atoms with van der Waals surface area (Å²) in [7, 11) is 5.18. The Hall–Kier alpha value is -2.34. The smallest absolute Gasteiger partial charge is 0.191 e. The second-order valence-corrected chi connectivity index (χ2v) is 7.29. The number of hydrogen-bond acceptors (Lipinski definition) is 4. The van der Waals surface area contributed by atoms with Gasteiger partial charge in [0.25, 0.3) is 0 Å². The summed E-state index contributed by atoms with van der Waals surface area (Å²) in [5.74, 6) is 4.07. The van der Waals surface area contributed by atoms with Crippen molar-refractivity contribution in [2.75, 3.05) is 33.6 Å². The summed E-state index contributed by atoms with van der Waals surface area (Å²) in [6.07, 6.45) is 0. The third kappa shape index (κ3) is 7.06. The first kappa shape index (κ1) is 21.0. The van der Waals surface area contributed by atoms with Crippen LogP contribution < -0.4 is 20.1 Å². The molecular weight excluding hydrogens is 358 g/mol. The van der Waals surface area contributed by atoms with Crippen molar-refractivity contribution in [1.29, 1.82) is 0 Å². The summed E-state index contributed by atoms with van der Waals surface area (Å²) in [4.78, 5) is 5.47. The Kier molecular flexibility index (Phi) is 8.84. The van der Waals surface area contributed by atoms with Gasteiger partial charge in [0.1, 0.15) is 11.5 Å². The van der Waals surface area contributed by atoms with Crippen molar-refractivity contribution in [1.82, 2.24) is 10.6 Å². The topological polar surface area (TPSA) is 54.9 Å². The number of rotatable bonds is 9. The summed E-state index contributed by atoms with van der Waals surface area (Å²) in [5.41, 5.74) is 1.15. The fourth-order valence-electron chi connectivity index (χ4n) is 2.49. The van der Waals surface area contributed by atoms with Crippen LogP contribution in [0, 0.1) is 5.92 Å². The van der Waals surface area contributed by atoms with Crippen molar-refractivity contribution >= 4 is 17.7 Å². The second-order valence-electron chi connectivity index (χ2n) is 6.23. The Morgan fingerprint density at radius 3 is 2.63 bits per heavy atom. The maximum atomic E-state index is 5.41. The van der Waals surface area contributed by atoms with Gasteiger partial charge in [-0.2, -0.15) is 0 Å². The van der Waals surface area contributed by atoms with Crippen molar-refractivity contribution in [2.24, 2.45) is 10.9 Å². The molecular formula is C21H29N3O2S. The van der Waals surface area contributed by atoms with E-state index in [4.69, 9.17) is 9.47 Å². The number of nitrogens with one attached hydrogen (secondary N) is 2. The highest BCUT2D eigenvalue weighted by Gasteiger charge is 2.08. The lowest BCUT2D eigenvalue weighted by atomic mass is 10.2. The van der Waals surface area contributed by atoms with Crippen molar-refractivity contribution < 1.29 is 9.47 Å². The molecule has 0 saturated heterocycles. The van der Waals surface area contributed by atoms with Crippen LogP contribution in [0.3, 0.4) is 0 Å². The highest BCUT2D eigenvalue weighted by atomic mass is 32.2. The van der Waals surface area contributed by atoms with E-state index in [1.807, 2.05) is 48.2 Å². The third-order valence-electron chi connectivity index (χ3n) is 4.03. The van der Waals surface area contributed by atoms with E-state index in [-0.39, 0.29) is 0 Å². The first-order valence-electron chi connectivity index (χ1n) is 8.99. The van der Waals surface area contributed by atoms with E-state index in [2.05, 4.69) is 34.7 Å². The molecule has 2 aromatic carbocycles. The van der Waals surface area contributed by atoms with Gasteiger partial charge in [-0.3, -0.25) is 4.99 Å². The van der Waals surface area contributed by atoms with Crippen LogP contribution in [0.5, 0.6) is 11.5 Å². The molecule has 0 aliphatic rings. The highest BCUT2D eigenvalue weighted by molar-refractivity contribution is 7.99. The van der Waals surface area contributed by atoms with Gasteiger partial charge in [-0.25, -0.2) is 0 Å². The van der Waals surface area contributed by atoms with Crippen LogP contribution in [0.15, 0.2) is 58.4 Å². The summed E-state index contributed by atoms with van der Waals surface area (Å²) in [6.45, 7) is 3.77. The fourth-order valence-corrected chi connectivity index (χ4v) is 3.54. The van der Waals surface area contributed by atoms with E-state index in [1.54, 1.807) is 21.3 Å². The fraction of sp³-hybridized carbons (Fsp3) is 0.381. The molecule has 6 heteroatoms. The third-order valence-corrected chi connectivity index (χ3v) is 5.41.